The Bertz CT molecular complexity index is 1950. The minimum Gasteiger partial charge on any atom is -0.375 e. The van der Waals surface area contributed by atoms with Crippen LogP contribution in [0.1, 0.15) is 46.1 Å². The summed E-state index contributed by atoms with van der Waals surface area (Å²) in [5.41, 5.74) is 1.61. The number of anilines is 2. The van der Waals surface area contributed by atoms with E-state index in [-0.39, 0.29) is 45.8 Å². The molecule has 1 fully saturated rings. The number of sulfonamides is 1. The highest BCUT2D eigenvalue weighted by Crippen LogP contribution is 2.28. The third-order valence-electron chi connectivity index (χ3n) is 8.21. The molecule has 0 aliphatic carbocycles. The Morgan fingerprint density at radius 3 is 2.33 bits per heavy atom. The number of carbonyl (C=O) groups excluding carboxylic acids is 1. The Balaban J connectivity index is 1.27. The van der Waals surface area contributed by atoms with Crippen molar-refractivity contribution < 1.29 is 21.6 Å². The Morgan fingerprint density at radius 2 is 1.65 bits per heavy atom. The van der Waals surface area contributed by atoms with Gasteiger partial charge in [0, 0.05) is 38.4 Å². The lowest BCUT2D eigenvalue weighted by molar-refractivity contribution is -0.130. The van der Waals surface area contributed by atoms with Crippen LogP contribution in [-0.2, 0) is 24.8 Å². The number of piperidine rings is 1. The van der Waals surface area contributed by atoms with E-state index in [2.05, 4.69) is 20.6 Å². The monoisotopic (exact) mass is 695 g/mol. The maximum absolute atomic E-state index is 13.8. The second-order valence-corrected chi connectivity index (χ2v) is 16.9. The number of fused-ring (bicyclic) bond motifs is 1. The van der Waals surface area contributed by atoms with Gasteiger partial charge < -0.3 is 15.5 Å². The third kappa shape index (κ3) is 7.82. The summed E-state index contributed by atoms with van der Waals surface area (Å²) in [5.74, 6) is 0.650. The lowest BCUT2D eigenvalue weighted by Gasteiger charge is -2.33. The van der Waals surface area contributed by atoms with E-state index in [9.17, 15) is 21.6 Å². The Labute approximate surface area is 283 Å². The van der Waals surface area contributed by atoms with Gasteiger partial charge in [-0.2, -0.15) is 4.31 Å². The first kappa shape index (κ1) is 35.3. The number of carbonyl (C=O) groups is 1. The molecule has 1 aliphatic heterocycles. The Morgan fingerprint density at radius 1 is 0.958 bits per heavy atom. The molecule has 0 spiro atoms. The first-order valence-corrected chi connectivity index (χ1v) is 19.2. The van der Waals surface area contributed by atoms with Crippen LogP contribution in [0, 0.1) is 18.8 Å². The smallest absolute Gasteiger partial charge is 0.269 e. The van der Waals surface area contributed by atoms with Crippen molar-refractivity contribution in [3.8, 4) is 0 Å². The van der Waals surface area contributed by atoms with Crippen molar-refractivity contribution >= 4 is 48.5 Å². The lowest BCUT2D eigenvalue weighted by Crippen LogP contribution is -2.47. The molecule has 0 radical (unpaired) electrons. The second kappa shape index (κ2) is 14.6. The maximum Gasteiger partial charge on any atom is 0.269 e. The Hall–Kier alpha value is -4.01. The van der Waals surface area contributed by atoms with Crippen molar-refractivity contribution in [3.63, 3.8) is 0 Å². The number of benzene rings is 2. The predicted molar refractivity (Wildman–Crippen MR) is 188 cm³/mol. The molecule has 4 aromatic rings. The lowest BCUT2D eigenvalue weighted by atomic mass is 10.1. The molecule has 48 heavy (non-hydrogen) atoms. The molecule has 1 saturated heterocycles. The number of nitrogens with zero attached hydrogens (tertiary/aromatic N) is 5. The van der Waals surface area contributed by atoms with Crippen LogP contribution in [0.2, 0.25) is 0 Å². The minimum absolute atomic E-state index is 0.0644. The van der Waals surface area contributed by atoms with Crippen LogP contribution in [-0.4, -0.2) is 84.7 Å². The van der Waals surface area contributed by atoms with Gasteiger partial charge in [0.1, 0.15) is 17.0 Å². The number of para-hydroxylation sites is 1. The first-order chi connectivity index (χ1) is 22.8. The zero-order chi connectivity index (χ0) is 34.6. The van der Waals surface area contributed by atoms with Crippen molar-refractivity contribution in [2.45, 2.75) is 63.3 Å². The summed E-state index contributed by atoms with van der Waals surface area (Å²) in [6.45, 7) is 11.6. The van der Waals surface area contributed by atoms with E-state index in [0.717, 1.165) is 22.4 Å². The van der Waals surface area contributed by atoms with Gasteiger partial charge in [-0.3, -0.25) is 4.79 Å². The van der Waals surface area contributed by atoms with Gasteiger partial charge in [0.05, 0.1) is 22.5 Å². The van der Waals surface area contributed by atoms with E-state index in [1.807, 2.05) is 34.6 Å². The number of aryl methyl sites for hydroxylation is 1. The summed E-state index contributed by atoms with van der Waals surface area (Å²) in [5, 5.41) is 7.07. The zero-order valence-corrected chi connectivity index (χ0v) is 29.8. The third-order valence-corrected chi connectivity index (χ3v) is 11.8. The molecule has 1 atom stereocenters. The second-order valence-electron chi connectivity index (χ2n) is 13.2. The molecule has 0 saturated carbocycles. The standard InChI is InChI=1S/C34H45N7O5S2/c1-24(2)20-40(21-25(3)4)48(45,46)31-11-7-6-10-30(31)35-19-32(42)39-17-8-9-27(22-39)38-33-29-16-18-41(34(29)37-23-36-33)47(43,44)28-14-12-26(5)13-15-28/h6-7,10-16,18,23-25,27,35H,8-9,17,19-22H2,1-5H3,(H,36,37,38)/t27-/m1/s1. The van der Waals surface area contributed by atoms with Crippen LogP contribution < -0.4 is 10.6 Å². The minimum atomic E-state index is -3.87. The fourth-order valence-corrected chi connectivity index (χ4v) is 9.16. The number of nitrogens with one attached hydrogen (secondary N) is 2. The molecule has 1 amide bonds. The Kier molecular flexibility index (Phi) is 10.8. The van der Waals surface area contributed by atoms with Crippen molar-refractivity contribution in [1.82, 2.24) is 23.1 Å². The van der Waals surface area contributed by atoms with Crippen molar-refractivity contribution in [1.29, 1.82) is 0 Å². The first-order valence-electron chi connectivity index (χ1n) is 16.3. The molecule has 14 heteroatoms. The summed E-state index contributed by atoms with van der Waals surface area (Å²) in [6, 6.07) is 14.9. The molecule has 1 aliphatic rings. The van der Waals surface area contributed by atoms with E-state index >= 15 is 0 Å². The number of hydrogen-bond donors (Lipinski definition) is 2. The molecule has 2 aromatic carbocycles. The topological polar surface area (TPSA) is 147 Å². The quantitative estimate of drug-likeness (QED) is 0.202. The molecular formula is C34H45N7O5S2. The highest BCUT2D eigenvalue weighted by atomic mass is 32.2. The summed E-state index contributed by atoms with van der Waals surface area (Å²) >= 11 is 0. The largest absolute Gasteiger partial charge is 0.375 e. The summed E-state index contributed by atoms with van der Waals surface area (Å²) in [6.07, 6.45) is 4.35. The fourth-order valence-electron chi connectivity index (χ4n) is 5.92. The molecule has 12 nitrogen and oxygen atoms in total. The number of rotatable bonds is 13. The van der Waals surface area contributed by atoms with Crippen molar-refractivity contribution in [2.75, 3.05) is 43.4 Å². The van der Waals surface area contributed by atoms with Crippen LogP contribution in [0.15, 0.2) is 76.9 Å². The number of likely N-dealkylation sites (tertiary alicyclic amines) is 1. The molecule has 3 heterocycles. The fraction of sp³-hybridized carbons (Fsp3) is 0.441. The van der Waals surface area contributed by atoms with E-state index in [1.54, 1.807) is 59.5 Å². The zero-order valence-electron chi connectivity index (χ0n) is 28.1. The van der Waals surface area contributed by atoms with Gasteiger partial charge >= 0.3 is 0 Å². The maximum atomic E-state index is 13.8. The van der Waals surface area contributed by atoms with Gasteiger partial charge in [-0.25, -0.2) is 30.8 Å². The van der Waals surface area contributed by atoms with Crippen LogP contribution >= 0.6 is 0 Å². The number of aromatic nitrogens is 3. The molecule has 2 aromatic heterocycles. The SMILES string of the molecule is Cc1ccc(S(=O)(=O)n2ccc3c(N[C@@H]4CCCN(C(=O)CNc5ccccc5S(=O)(=O)N(CC(C)C)CC(C)C)C4)ncnc32)cc1. The van der Waals surface area contributed by atoms with Gasteiger partial charge in [0.25, 0.3) is 10.0 Å². The van der Waals surface area contributed by atoms with E-state index in [4.69, 9.17) is 0 Å². The normalized spacial score (nSPS) is 15.8. The molecule has 5 rings (SSSR count). The van der Waals surface area contributed by atoms with E-state index in [1.165, 1.54) is 16.8 Å². The molecule has 0 bridgehead atoms. The number of amides is 1. The number of hydrogen-bond acceptors (Lipinski definition) is 9. The van der Waals surface area contributed by atoms with Crippen LogP contribution in [0.3, 0.4) is 0 Å². The van der Waals surface area contributed by atoms with Crippen LogP contribution in [0.25, 0.3) is 11.0 Å². The molecular weight excluding hydrogens is 651 g/mol. The molecule has 2 N–H and O–H groups in total. The van der Waals surface area contributed by atoms with Gasteiger partial charge in [-0.05, 0) is 61.9 Å². The highest BCUT2D eigenvalue weighted by Gasteiger charge is 2.30. The van der Waals surface area contributed by atoms with Crippen LogP contribution in [0.4, 0.5) is 11.5 Å². The summed E-state index contributed by atoms with van der Waals surface area (Å²) in [4.78, 5) is 24.2. The van der Waals surface area contributed by atoms with E-state index < -0.39 is 20.0 Å². The highest BCUT2D eigenvalue weighted by molar-refractivity contribution is 7.90. The predicted octanol–water partition coefficient (Wildman–Crippen LogP) is 4.79. The van der Waals surface area contributed by atoms with Gasteiger partial charge in [-0.15, -0.1) is 0 Å². The van der Waals surface area contributed by atoms with Gasteiger partial charge in [-0.1, -0.05) is 57.5 Å². The average Bonchev–Trinajstić information content (AvgIpc) is 3.50. The van der Waals surface area contributed by atoms with Crippen molar-refractivity contribution in [3.05, 3.63) is 72.7 Å². The van der Waals surface area contributed by atoms with Crippen molar-refractivity contribution in [2.24, 2.45) is 11.8 Å². The van der Waals surface area contributed by atoms with Gasteiger partial charge in [0.2, 0.25) is 15.9 Å². The summed E-state index contributed by atoms with van der Waals surface area (Å²) in [7, 11) is -7.66. The molecule has 258 valence electrons. The van der Waals surface area contributed by atoms with Gasteiger partial charge in [0.15, 0.2) is 5.65 Å². The van der Waals surface area contributed by atoms with Crippen LogP contribution in [0.5, 0.6) is 0 Å². The molecule has 0 unspecified atom stereocenters. The van der Waals surface area contributed by atoms with E-state index in [0.29, 0.717) is 43.1 Å². The average molecular weight is 696 g/mol. The summed E-state index contributed by atoms with van der Waals surface area (Å²) < 4.78 is 57.0.